The molecule has 7 fully saturated rings. The van der Waals surface area contributed by atoms with Crippen molar-refractivity contribution < 1.29 is 212 Å². The van der Waals surface area contributed by atoms with E-state index in [4.69, 9.17) is 66.3 Å². The van der Waals surface area contributed by atoms with E-state index in [1.807, 2.05) is 0 Å². The summed E-state index contributed by atoms with van der Waals surface area (Å²) in [5.74, 6) is -2.01. The van der Waals surface area contributed by atoms with Crippen molar-refractivity contribution in [2.45, 2.75) is 274 Å². The quantitative estimate of drug-likeness (QED) is 0.0309. The third-order valence-corrected chi connectivity index (χ3v) is 18.3. The fraction of sp³-hybridized carbons (Fsp3) is 0.962. The highest BCUT2D eigenvalue weighted by atomic mass is 32.3. The van der Waals surface area contributed by atoms with Crippen molar-refractivity contribution in [2.75, 3.05) is 39.6 Å². The number of carbonyl (C=O) groups excluding carboxylic acids is 2. The van der Waals surface area contributed by atoms with E-state index < -0.39 is 311 Å². The maximum atomic E-state index is 13.0. The Morgan fingerprint density at radius 2 is 0.860 bits per heavy atom. The molecule has 584 valence electrons. The lowest BCUT2D eigenvalue weighted by molar-refractivity contribution is -0.419. The molecule has 0 aromatic carbocycles. The molecule has 0 bridgehead atoms. The molecule has 7 rings (SSSR count). The maximum absolute atomic E-state index is 13.0. The fourth-order valence-corrected chi connectivity index (χ4v) is 12.8. The lowest BCUT2D eigenvalue weighted by Gasteiger charge is -2.52. The van der Waals surface area contributed by atoms with Gasteiger partial charge in [0, 0.05) is 13.8 Å². The molecule has 0 spiro atoms. The highest BCUT2D eigenvalue weighted by Gasteiger charge is 2.60. The van der Waals surface area contributed by atoms with Crippen LogP contribution >= 0.6 is 0 Å². The molecule has 0 aromatic heterocycles. The highest BCUT2D eigenvalue weighted by molar-refractivity contribution is 7.81. The third kappa shape index (κ3) is 20.1. The number of amides is 2. The zero-order valence-corrected chi connectivity index (χ0v) is 55.0. The van der Waals surface area contributed by atoms with Gasteiger partial charge in [0.15, 0.2) is 44.0 Å². The molecule has 7 aliphatic heterocycles. The summed E-state index contributed by atoms with van der Waals surface area (Å²) in [4.78, 5) is 25.8. The van der Waals surface area contributed by atoms with Crippen molar-refractivity contribution in [1.29, 1.82) is 0 Å². The molecule has 0 aliphatic carbocycles. The molecule has 100 heavy (non-hydrogen) atoms. The van der Waals surface area contributed by atoms with Crippen LogP contribution in [0.25, 0.3) is 0 Å². The predicted molar refractivity (Wildman–Crippen MR) is 306 cm³/mol. The molecule has 7 saturated heterocycles. The number of carbonyl (C=O) groups is 2. The molecule has 7 heterocycles. The normalized spacial score (nSPS) is 45.9. The second kappa shape index (κ2) is 35.8. The minimum absolute atomic E-state index is 0.867. The molecular formula is C52H90N2O44S2. The maximum Gasteiger partial charge on any atom is 0.397 e. The van der Waals surface area contributed by atoms with Crippen LogP contribution in [0.4, 0.5) is 0 Å². The van der Waals surface area contributed by atoms with Gasteiger partial charge < -0.3 is 179 Å². The SMILES string of the molecule is CC(=O)N[C@H]1[C@H](OC[C@@H](O)[C@H](O)[C@H](O[C@@H]2O[C@H](CO)[C@H](O[C@@H]3O[C@H](CO)[C@H](O)[C@H](OS(=O)(=O)O)[C@H]3O)[C@H](O[C@@H]3O[C@H](CO)[C@H](O)[C@H](O)[C@H]3O[C@@H]3O[C@@H](C)[C@@H](O)[C@@H](O)[C@@H]3O)[C@H]2O[C@@H]2O[C@@H](C)[C@@H](O)[C@@H](O)[C@@H]2O)[C@H](CO)NC(C)=O)O[C@H](COS(=O)(=O)O)[C@@H](O)[C@@H]1O[C@@H]1O[C@@H](C)[C@@H](O)[C@@H](O)[C@@H]1O. The van der Waals surface area contributed by atoms with Crippen LogP contribution in [0.2, 0.25) is 0 Å². The summed E-state index contributed by atoms with van der Waals surface area (Å²) in [5, 5.41) is 227. The van der Waals surface area contributed by atoms with Crippen molar-refractivity contribution in [2.24, 2.45) is 0 Å². The van der Waals surface area contributed by atoms with Gasteiger partial charge in [0.25, 0.3) is 0 Å². The van der Waals surface area contributed by atoms with Gasteiger partial charge in [-0.1, -0.05) is 0 Å². The molecule has 48 heteroatoms. The average Bonchev–Trinajstić information content (AvgIpc) is 0.522. The average molecular weight is 1510 g/mol. The van der Waals surface area contributed by atoms with E-state index in [1.54, 1.807) is 0 Å². The number of hydrogen-bond acceptors (Lipinski definition) is 42. The first-order chi connectivity index (χ1) is 46.7. The van der Waals surface area contributed by atoms with Gasteiger partial charge in [0.2, 0.25) is 11.8 Å². The lowest BCUT2D eigenvalue weighted by Crippen LogP contribution is -2.70. The lowest BCUT2D eigenvalue weighted by atomic mass is 9.94. The molecule has 46 nitrogen and oxygen atoms in total. The van der Waals surface area contributed by atoms with E-state index in [9.17, 15) is 138 Å². The monoisotopic (exact) mass is 1510 g/mol. The van der Waals surface area contributed by atoms with Crippen LogP contribution in [-0.2, 0) is 105 Å². The van der Waals surface area contributed by atoms with Crippen LogP contribution in [0.1, 0.15) is 34.6 Å². The van der Waals surface area contributed by atoms with Crippen LogP contribution < -0.4 is 10.6 Å². The summed E-state index contributed by atoms with van der Waals surface area (Å²) >= 11 is 0. The van der Waals surface area contributed by atoms with Crippen LogP contribution in [0.5, 0.6) is 0 Å². The van der Waals surface area contributed by atoms with E-state index in [-0.39, 0.29) is 0 Å². The van der Waals surface area contributed by atoms with Gasteiger partial charge in [-0.05, 0) is 20.8 Å². The summed E-state index contributed by atoms with van der Waals surface area (Å²) < 4.78 is 159. The van der Waals surface area contributed by atoms with Crippen molar-refractivity contribution in [3.63, 3.8) is 0 Å². The smallest absolute Gasteiger partial charge is 0.394 e. The zero-order valence-electron chi connectivity index (χ0n) is 53.4. The van der Waals surface area contributed by atoms with Gasteiger partial charge in [0.05, 0.1) is 64.0 Å². The zero-order chi connectivity index (χ0) is 74.6. The number of aliphatic hydroxyl groups excluding tert-OH is 20. The van der Waals surface area contributed by atoms with Gasteiger partial charge in [0.1, 0.15) is 171 Å². The Balaban J connectivity index is 1.35. The highest BCUT2D eigenvalue weighted by Crippen LogP contribution is 2.40. The Morgan fingerprint density at radius 3 is 1.33 bits per heavy atom. The number of nitrogens with one attached hydrogen (secondary N) is 2. The molecule has 0 unspecified atom stereocenters. The molecule has 24 N–H and O–H groups in total. The molecule has 0 aromatic rings. The molecule has 0 radical (unpaired) electrons. The largest absolute Gasteiger partial charge is 0.397 e. The van der Waals surface area contributed by atoms with Gasteiger partial charge in [-0.3, -0.25) is 18.7 Å². The van der Waals surface area contributed by atoms with E-state index in [0.717, 1.165) is 20.8 Å². The van der Waals surface area contributed by atoms with Crippen LogP contribution in [0, 0.1) is 0 Å². The van der Waals surface area contributed by atoms with Gasteiger partial charge in [-0.15, -0.1) is 0 Å². The Labute approximate surface area is 567 Å². The minimum atomic E-state index is -5.66. The summed E-state index contributed by atoms with van der Waals surface area (Å²) in [5.41, 5.74) is 0. The van der Waals surface area contributed by atoms with Gasteiger partial charge in [-0.25, -0.2) is 8.37 Å². The fourth-order valence-electron chi connectivity index (χ4n) is 12.0. The first-order valence-corrected chi connectivity index (χ1v) is 33.7. The number of rotatable bonds is 29. The Morgan fingerprint density at radius 1 is 0.430 bits per heavy atom. The topological polar surface area (TPSA) is 719 Å². The number of aliphatic hydroxyl groups is 20. The predicted octanol–water partition coefficient (Wildman–Crippen LogP) is -15.8. The molecule has 7 aliphatic rings. The summed E-state index contributed by atoms with van der Waals surface area (Å²) in [6.07, 6.45) is -81.1. The minimum Gasteiger partial charge on any atom is -0.394 e. The second-order valence-corrected chi connectivity index (χ2v) is 26.8. The Kier molecular flexibility index (Phi) is 30.3. The van der Waals surface area contributed by atoms with Crippen molar-refractivity contribution in [3.05, 3.63) is 0 Å². The molecule has 2 amide bonds. The summed E-state index contributed by atoms with van der Waals surface area (Å²) in [6.45, 7) is -2.52. The summed E-state index contributed by atoms with van der Waals surface area (Å²) in [6, 6.07) is -3.94. The second-order valence-electron chi connectivity index (χ2n) is 24.6. The van der Waals surface area contributed by atoms with Gasteiger partial charge >= 0.3 is 20.8 Å². The van der Waals surface area contributed by atoms with Crippen molar-refractivity contribution in [3.8, 4) is 0 Å². The van der Waals surface area contributed by atoms with E-state index >= 15 is 0 Å². The van der Waals surface area contributed by atoms with Crippen molar-refractivity contribution >= 4 is 32.6 Å². The number of hydrogen-bond donors (Lipinski definition) is 24. The first kappa shape index (κ1) is 84.6. The Hall–Kier alpha value is -2.68. The third-order valence-electron chi connectivity index (χ3n) is 17.4. The van der Waals surface area contributed by atoms with E-state index in [2.05, 4.69) is 19.0 Å². The van der Waals surface area contributed by atoms with Gasteiger partial charge in [-0.2, -0.15) is 16.8 Å². The van der Waals surface area contributed by atoms with Crippen LogP contribution in [0.15, 0.2) is 0 Å². The number of ether oxygens (including phenoxy) is 14. The Bertz CT molecular complexity index is 2810. The van der Waals surface area contributed by atoms with Crippen LogP contribution in [-0.4, -0.2) is 419 Å². The summed E-state index contributed by atoms with van der Waals surface area (Å²) in [7, 11) is -11.0. The molecular weight excluding hydrogens is 1420 g/mol. The standard InChI is InChI=1S/C52H90N2O44S2/c1-12-24(62)31(69)35(73)47(85-12)94-41-23(54-16(5)60)46(91-22(30(41)68)11-84-99(77,78)79)83-10-18(61)27(65)39(17(6-55)53-15(4)59)92-52-45(97-49-37(75)33(71)26(64)14(3)87-49)44(40(21(9-58)90-52)93-50-38(76)42(98-100(80,81)82)29(67)20(8-57)88-50)96-51-43(34(72)28(66)19(7-56)89-51)95-48-36(74)32(70)25(63)13(2)86-48/h12-14,17-52,55-58,61-76H,6-11H2,1-5H3,(H,53,59)(H,54,60)(H,77,78,79)(H,80,81,82)/t12-,13-,14-,17-,18+,19+,20+,21+,22+,23+,24+,25+,26+,27-,28-,29-,30+,31+,32+,33+,34-,35-,36-,37-,38+,39+,40-,41+,42-,43+,44-,45+,46+,47-,48-,49-,50-,51-,52-/m0/s1. The first-order valence-electron chi connectivity index (χ1n) is 30.9. The van der Waals surface area contributed by atoms with Crippen molar-refractivity contribution in [1.82, 2.24) is 10.6 Å². The van der Waals surface area contributed by atoms with Crippen LogP contribution in [0.3, 0.4) is 0 Å². The van der Waals surface area contributed by atoms with E-state index in [0.29, 0.717) is 0 Å². The molecule has 39 atom stereocenters. The molecule has 0 saturated carbocycles. The van der Waals surface area contributed by atoms with E-state index in [1.165, 1.54) is 13.8 Å².